The van der Waals surface area contributed by atoms with Crippen LogP contribution in [0.25, 0.3) is 0 Å². The fourth-order valence-electron chi connectivity index (χ4n) is 1.97. The highest BCUT2D eigenvalue weighted by Crippen LogP contribution is 2.31. The molecular formula is C15H25N3O3. The highest BCUT2D eigenvalue weighted by atomic mass is 16.6. The molecule has 118 valence electrons. The van der Waals surface area contributed by atoms with Crippen molar-refractivity contribution in [2.45, 2.75) is 33.2 Å². The summed E-state index contributed by atoms with van der Waals surface area (Å²) in [5.74, 6) is 0.745. The quantitative estimate of drug-likeness (QED) is 0.589. The van der Waals surface area contributed by atoms with Crippen LogP contribution in [0, 0.1) is 16.0 Å². The molecule has 0 spiro atoms. The average Bonchev–Trinajstić information content (AvgIpc) is 2.44. The zero-order valence-corrected chi connectivity index (χ0v) is 13.2. The molecule has 1 aromatic carbocycles. The molecule has 2 N–H and O–H groups in total. The largest absolute Gasteiger partial charge is 0.487 e. The topological polar surface area (TPSA) is 81.6 Å². The molecule has 0 aliphatic rings. The SMILES string of the molecule is CCOc1cc(N(C)CCC(N)C(C)C)ccc1[N+](=O)[O-]. The van der Waals surface area contributed by atoms with Crippen molar-refractivity contribution in [3.8, 4) is 5.75 Å². The van der Waals surface area contributed by atoms with Crippen molar-refractivity contribution in [2.24, 2.45) is 11.7 Å². The van der Waals surface area contributed by atoms with E-state index in [1.165, 1.54) is 6.07 Å². The second kappa shape index (κ2) is 7.83. The van der Waals surface area contributed by atoms with Crippen molar-refractivity contribution in [1.82, 2.24) is 0 Å². The third kappa shape index (κ3) is 4.90. The van der Waals surface area contributed by atoms with Crippen LogP contribution in [-0.4, -0.2) is 31.2 Å². The lowest BCUT2D eigenvalue weighted by Gasteiger charge is -2.23. The van der Waals surface area contributed by atoms with Crippen LogP contribution < -0.4 is 15.4 Å². The zero-order chi connectivity index (χ0) is 16.0. The Morgan fingerprint density at radius 3 is 2.62 bits per heavy atom. The van der Waals surface area contributed by atoms with Crippen LogP contribution >= 0.6 is 0 Å². The van der Waals surface area contributed by atoms with Crippen LogP contribution in [0.3, 0.4) is 0 Å². The van der Waals surface area contributed by atoms with E-state index in [1.54, 1.807) is 12.1 Å². The summed E-state index contributed by atoms with van der Waals surface area (Å²) in [6.07, 6.45) is 0.870. The van der Waals surface area contributed by atoms with Gasteiger partial charge in [0.15, 0.2) is 5.75 Å². The smallest absolute Gasteiger partial charge is 0.311 e. The van der Waals surface area contributed by atoms with Crippen molar-refractivity contribution in [3.63, 3.8) is 0 Å². The molecule has 1 aromatic rings. The first kappa shape index (κ1) is 17.2. The van der Waals surface area contributed by atoms with Crippen molar-refractivity contribution < 1.29 is 9.66 Å². The van der Waals surface area contributed by atoms with E-state index in [4.69, 9.17) is 10.5 Å². The lowest BCUT2D eigenvalue weighted by atomic mass is 10.0. The summed E-state index contributed by atoms with van der Waals surface area (Å²) in [7, 11) is 1.95. The number of nitrogens with two attached hydrogens (primary N) is 1. The third-order valence-corrected chi connectivity index (χ3v) is 3.53. The van der Waals surface area contributed by atoms with Crippen LogP contribution in [0.5, 0.6) is 5.75 Å². The van der Waals surface area contributed by atoms with Gasteiger partial charge in [0.25, 0.3) is 0 Å². The summed E-state index contributed by atoms with van der Waals surface area (Å²) in [6, 6.07) is 5.08. The molecule has 0 bridgehead atoms. The molecule has 0 saturated heterocycles. The minimum atomic E-state index is -0.427. The number of rotatable bonds is 8. The van der Waals surface area contributed by atoms with Crippen molar-refractivity contribution in [1.29, 1.82) is 0 Å². The van der Waals surface area contributed by atoms with E-state index in [-0.39, 0.29) is 11.7 Å². The van der Waals surface area contributed by atoms with Gasteiger partial charge in [0.2, 0.25) is 0 Å². The van der Waals surface area contributed by atoms with E-state index < -0.39 is 4.92 Å². The van der Waals surface area contributed by atoms with Gasteiger partial charge in [-0.3, -0.25) is 10.1 Å². The number of hydrogen-bond donors (Lipinski definition) is 1. The monoisotopic (exact) mass is 295 g/mol. The van der Waals surface area contributed by atoms with Gasteiger partial charge in [0, 0.05) is 37.5 Å². The Kier molecular flexibility index (Phi) is 6.42. The first-order valence-electron chi connectivity index (χ1n) is 7.24. The van der Waals surface area contributed by atoms with Crippen LogP contribution in [0.15, 0.2) is 18.2 Å². The van der Waals surface area contributed by atoms with E-state index in [2.05, 4.69) is 13.8 Å². The van der Waals surface area contributed by atoms with Crippen molar-refractivity contribution in [2.75, 3.05) is 25.1 Å². The van der Waals surface area contributed by atoms with E-state index in [0.29, 0.717) is 18.3 Å². The minimum absolute atomic E-state index is 0.00659. The van der Waals surface area contributed by atoms with Crippen molar-refractivity contribution >= 4 is 11.4 Å². The second-order valence-corrected chi connectivity index (χ2v) is 5.46. The van der Waals surface area contributed by atoms with Gasteiger partial charge in [0.05, 0.1) is 11.5 Å². The molecule has 0 amide bonds. The summed E-state index contributed by atoms with van der Waals surface area (Å²) >= 11 is 0. The summed E-state index contributed by atoms with van der Waals surface area (Å²) in [6.45, 7) is 7.20. The lowest BCUT2D eigenvalue weighted by molar-refractivity contribution is -0.385. The Hall–Kier alpha value is -1.82. The fourth-order valence-corrected chi connectivity index (χ4v) is 1.97. The van der Waals surface area contributed by atoms with Crippen molar-refractivity contribution in [3.05, 3.63) is 28.3 Å². The minimum Gasteiger partial charge on any atom is -0.487 e. The molecule has 0 radical (unpaired) electrons. The second-order valence-electron chi connectivity index (χ2n) is 5.46. The predicted molar refractivity (Wildman–Crippen MR) is 85.0 cm³/mol. The molecule has 0 fully saturated rings. The summed E-state index contributed by atoms with van der Waals surface area (Å²) in [5.41, 5.74) is 6.93. The number of hydrogen-bond acceptors (Lipinski definition) is 5. The predicted octanol–water partition coefficient (Wildman–Crippen LogP) is 2.80. The van der Waals surface area contributed by atoms with E-state index in [9.17, 15) is 10.1 Å². The fraction of sp³-hybridized carbons (Fsp3) is 0.600. The van der Waals surface area contributed by atoms with Gasteiger partial charge in [-0.2, -0.15) is 0 Å². The molecule has 1 unspecified atom stereocenters. The highest BCUT2D eigenvalue weighted by Gasteiger charge is 2.17. The standard InChI is InChI=1S/C15H25N3O3/c1-5-21-15-10-12(6-7-14(15)18(19)20)17(4)9-8-13(16)11(2)3/h6-7,10-11,13H,5,8-9,16H2,1-4H3. The van der Waals surface area contributed by atoms with Crippen LogP contribution in [0.1, 0.15) is 27.2 Å². The molecule has 6 nitrogen and oxygen atoms in total. The number of anilines is 1. The van der Waals surface area contributed by atoms with Gasteiger partial charge in [-0.25, -0.2) is 0 Å². The molecule has 1 atom stereocenters. The highest BCUT2D eigenvalue weighted by molar-refractivity contribution is 5.59. The van der Waals surface area contributed by atoms with Crippen LogP contribution in [0.2, 0.25) is 0 Å². The molecular weight excluding hydrogens is 270 g/mol. The van der Waals surface area contributed by atoms with Gasteiger partial charge >= 0.3 is 5.69 Å². The van der Waals surface area contributed by atoms with E-state index in [1.807, 2.05) is 18.9 Å². The molecule has 0 heterocycles. The molecule has 0 aliphatic heterocycles. The van der Waals surface area contributed by atoms with E-state index in [0.717, 1.165) is 18.7 Å². The van der Waals surface area contributed by atoms with Gasteiger partial charge in [-0.1, -0.05) is 13.8 Å². The lowest BCUT2D eigenvalue weighted by Crippen LogP contribution is -2.31. The Labute approximate surface area is 126 Å². The van der Waals surface area contributed by atoms with Crippen LogP contribution in [-0.2, 0) is 0 Å². The third-order valence-electron chi connectivity index (χ3n) is 3.53. The van der Waals surface area contributed by atoms with Gasteiger partial charge < -0.3 is 15.4 Å². The van der Waals surface area contributed by atoms with Gasteiger partial charge in [-0.15, -0.1) is 0 Å². The molecule has 0 saturated carbocycles. The maximum atomic E-state index is 11.0. The molecule has 0 aliphatic carbocycles. The zero-order valence-electron chi connectivity index (χ0n) is 13.2. The molecule has 1 rings (SSSR count). The summed E-state index contributed by atoms with van der Waals surface area (Å²) in [5, 5.41) is 11.0. The van der Waals surface area contributed by atoms with E-state index >= 15 is 0 Å². The number of ether oxygens (including phenoxy) is 1. The Balaban J connectivity index is 2.82. The number of benzene rings is 1. The number of nitro benzene ring substituents is 1. The Bertz CT molecular complexity index is 477. The number of nitrogens with zero attached hydrogens (tertiary/aromatic N) is 2. The Morgan fingerprint density at radius 2 is 2.10 bits per heavy atom. The normalized spacial score (nSPS) is 12.3. The Morgan fingerprint density at radius 1 is 1.43 bits per heavy atom. The molecule has 6 heteroatoms. The van der Waals surface area contributed by atoms with Crippen LogP contribution in [0.4, 0.5) is 11.4 Å². The first-order chi connectivity index (χ1) is 9.86. The summed E-state index contributed by atoms with van der Waals surface area (Å²) < 4.78 is 5.36. The summed E-state index contributed by atoms with van der Waals surface area (Å²) in [4.78, 5) is 12.6. The van der Waals surface area contributed by atoms with Gasteiger partial charge in [0.1, 0.15) is 0 Å². The number of nitro groups is 1. The maximum absolute atomic E-state index is 11.0. The average molecular weight is 295 g/mol. The maximum Gasteiger partial charge on any atom is 0.311 e. The van der Waals surface area contributed by atoms with Gasteiger partial charge in [-0.05, 0) is 25.3 Å². The first-order valence-corrected chi connectivity index (χ1v) is 7.24. The molecule has 0 aromatic heterocycles. The molecule has 21 heavy (non-hydrogen) atoms.